The maximum absolute atomic E-state index is 12.5. The third-order valence-corrected chi connectivity index (χ3v) is 4.94. The van der Waals surface area contributed by atoms with Crippen molar-refractivity contribution in [2.45, 2.75) is 12.8 Å². The molecule has 0 N–H and O–H groups in total. The summed E-state index contributed by atoms with van der Waals surface area (Å²) in [6.45, 7) is 2.95. The second kappa shape index (κ2) is 8.39. The molecule has 144 valence electrons. The summed E-state index contributed by atoms with van der Waals surface area (Å²) in [7, 11) is 0. The molecule has 28 heavy (non-hydrogen) atoms. The number of carbonyl (C=O) groups is 1. The standard InChI is InChI=1S/C20H20ClN5O2/c21-15-4-3-5-16(14-15)25-10-12-26(13-11-25)19(27)8-7-18-23-24-20(28-18)17-6-1-2-9-22-17/h1-6,9,14H,7-8,10-13H2. The zero-order valence-electron chi connectivity index (χ0n) is 15.3. The Bertz CT molecular complexity index is 939. The van der Waals surface area contributed by atoms with E-state index in [2.05, 4.69) is 20.1 Å². The first kappa shape index (κ1) is 18.4. The van der Waals surface area contributed by atoms with E-state index in [1.165, 1.54) is 0 Å². The molecule has 3 aromatic rings. The lowest BCUT2D eigenvalue weighted by Crippen LogP contribution is -2.48. The molecule has 1 aromatic carbocycles. The summed E-state index contributed by atoms with van der Waals surface area (Å²) >= 11 is 6.07. The summed E-state index contributed by atoms with van der Waals surface area (Å²) in [4.78, 5) is 20.8. The van der Waals surface area contributed by atoms with E-state index in [-0.39, 0.29) is 5.91 Å². The Labute approximate surface area is 168 Å². The predicted molar refractivity (Wildman–Crippen MR) is 106 cm³/mol. The van der Waals surface area contributed by atoms with E-state index in [9.17, 15) is 4.79 Å². The highest BCUT2D eigenvalue weighted by Crippen LogP contribution is 2.21. The smallest absolute Gasteiger partial charge is 0.266 e. The van der Waals surface area contributed by atoms with Gasteiger partial charge in [0.2, 0.25) is 11.8 Å². The first-order valence-electron chi connectivity index (χ1n) is 9.21. The molecule has 1 saturated heterocycles. The number of aryl methyl sites for hydroxylation is 1. The number of nitrogens with zero attached hydrogens (tertiary/aromatic N) is 5. The number of anilines is 1. The first-order valence-corrected chi connectivity index (χ1v) is 9.59. The number of amides is 1. The predicted octanol–water partition coefficient (Wildman–Crippen LogP) is 3.07. The van der Waals surface area contributed by atoms with Gasteiger partial charge in [-0.15, -0.1) is 10.2 Å². The summed E-state index contributed by atoms with van der Waals surface area (Å²) < 4.78 is 5.62. The molecular formula is C20H20ClN5O2. The highest BCUT2D eigenvalue weighted by Gasteiger charge is 2.22. The largest absolute Gasteiger partial charge is 0.419 e. The molecule has 0 atom stereocenters. The molecule has 0 saturated carbocycles. The van der Waals surface area contributed by atoms with Gasteiger partial charge in [0.25, 0.3) is 5.89 Å². The molecule has 0 spiro atoms. The lowest BCUT2D eigenvalue weighted by Gasteiger charge is -2.36. The van der Waals surface area contributed by atoms with Crippen molar-refractivity contribution in [3.05, 3.63) is 59.6 Å². The second-order valence-corrected chi connectivity index (χ2v) is 7.00. The van der Waals surface area contributed by atoms with Gasteiger partial charge < -0.3 is 14.2 Å². The number of pyridine rings is 1. The van der Waals surface area contributed by atoms with E-state index in [0.29, 0.717) is 43.4 Å². The van der Waals surface area contributed by atoms with Crippen molar-refractivity contribution in [1.29, 1.82) is 0 Å². The maximum Gasteiger partial charge on any atom is 0.266 e. The lowest BCUT2D eigenvalue weighted by molar-refractivity contribution is -0.131. The minimum absolute atomic E-state index is 0.100. The minimum Gasteiger partial charge on any atom is -0.419 e. The molecule has 2 aromatic heterocycles. The van der Waals surface area contributed by atoms with E-state index in [1.807, 2.05) is 47.4 Å². The van der Waals surface area contributed by atoms with Crippen molar-refractivity contribution in [3.63, 3.8) is 0 Å². The summed E-state index contributed by atoms with van der Waals surface area (Å²) in [5, 5.41) is 8.75. The van der Waals surface area contributed by atoms with Crippen molar-refractivity contribution < 1.29 is 9.21 Å². The third-order valence-electron chi connectivity index (χ3n) is 4.71. The van der Waals surface area contributed by atoms with Gasteiger partial charge >= 0.3 is 0 Å². The SMILES string of the molecule is O=C(CCc1nnc(-c2ccccn2)o1)N1CCN(c2cccc(Cl)c2)CC1. The average Bonchev–Trinajstić information content (AvgIpc) is 3.22. The van der Waals surface area contributed by atoms with Crippen molar-refractivity contribution in [2.24, 2.45) is 0 Å². The van der Waals surface area contributed by atoms with Gasteiger partial charge in [0.15, 0.2) is 0 Å². The molecule has 7 nitrogen and oxygen atoms in total. The number of benzene rings is 1. The van der Waals surface area contributed by atoms with Gasteiger partial charge in [0.1, 0.15) is 5.69 Å². The number of aromatic nitrogens is 3. The average molecular weight is 398 g/mol. The minimum atomic E-state index is 0.100. The Morgan fingerprint density at radius 1 is 1.07 bits per heavy atom. The molecule has 0 unspecified atom stereocenters. The molecule has 1 amide bonds. The Morgan fingerprint density at radius 2 is 1.93 bits per heavy atom. The number of rotatable bonds is 5. The zero-order valence-corrected chi connectivity index (χ0v) is 16.0. The zero-order chi connectivity index (χ0) is 19.3. The highest BCUT2D eigenvalue weighted by atomic mass is 35.5. The fraction of sp³-hybridized carbons (Fsp3) is 0.300. The van der Waals surface area contributed by atoms with E-state index in [1.54, 1.807) is 6.20 Å². The fourth-order valence-electron chi connectivity index (χ4n) is 3.21. The summed E-state index contributed by atoms with van der Waals surface area (Å²) in [5.74, 6) is 0.924. The summed E-state index contributed by atoms with van der Waals surface area (Å²) in [6.07, 6.45) is 2.44. The Balaban J connectivity index is 1.28. The van der Waals surface area contributed by atoms with Crippen molar-refractivity contribution >= 4 is 23.2 Å². The Hall–Kier alpha value is -2.93. The highest BCUT2D eigenvalue weighted by molar-refractivity contribution is 6.30. The molecule has 0 radical (unpaired) electrons. The van der Waals surface area contributed by atoms with E-state index >= 15 is 0 Å². The number of carbonyl (C=O) groups excluding carboxylic acids is 1. The first-order chi connectivity index (χ1) is 13.7. The molecule has 0 aliphatic carbocycles. The molecular weight excluding hydrogens is 378 g/mol. The van der Waals surface area contributed by atoms with Gasteiger partial charge in [-0.05, 0) is 30.3 Å². The number of hydrogen-bond acceptors (Lipinski definition) is 6. The van der Waals surface area contributed by atoms with E-state index in [0.717, 1.165) is 23.8 Å². The van der Waals surface area contributed by atoms with Gasteiger partial charge in [-0.25, -0.2) is 0 Å². The van der Waals surface area contributed by atoms with Crippen molar-refractivity contribution in [2.75, 3.05) is 31.1 Å². The molecule has 1 fully saturated rings. The van der Waals surface area contributed by atoms with Crippen LogP contribution in [0.5, 0.6) is 0 Å². The van der Waals surface area contributed by atoms with Gasteiger partial charge in [-0.2, -0.15) is 0 Å². The van der Waals surface area contributed by atoms with Crippen LogP contribution in [0.3, 0.4) is 0 Å². The quantitative estimate of drug-likeness (QED) is 0.658. The van der Waals surface area contributed by atoms with Crippen LogP contribution in [0.25, 0.3) is 11.6 Å². The van der Waals surface area contributed by atoms with Crippen LogP contribution < -0.4 is 4.90 Å². The van der Waals surface area contributed by atoms with Crippen LogP contribution >= 0.6 is 11.6 Å². The Morgan fingerprint density at radius 3 is 2.68 bits per heavy atom. The van der Waals surface area contributed by atoms with Crippen LogP contribution in [-0.2, 0) is 11.2 Å². The molecule has 0 bridgehead atoms. The van der Waals surface area contributed by atoms with Crippen LogP contribution in [0.15, 0.2) is 53.1 Å². The van der Waals surface area contributed by atoms with Crippen LogP contribution in [0, 0.1) is 0 Å². The normalized spacial score (nSPS) is 14.3. The molecule has 4 rings (SSSR count). The van der Waals surface area contributed by atoms with Crippen LogP contribution in [-0.4, -0.2) is 52.2 Å². The van der Waals surface area contributed by atoms with Crippen molar-refractivity contribution in [1.82, 2.24) is 20.1 Å². The molecule has 1 aliphatic rings. The van der Waals surface area contributed by atoms with Crippen molar-refractivity contribution in [3.8, 4) is 11.6 Å². The maximum atomic E-state index is 12.5. The third kappa shape index (κ3) is 4.31. The molecule has 8 heteroatoms. The van der Waals surface area contributed by atoms with Gasteiger partial charge in [0.05, 0.1) is 0 Å². The van der Waals surface area contributed by atoms with Gasteiger partial charge in [0, 0.05) is 55.9 Å². The van der Waals surface area contributed by atoms with Crippen LogP contribution in [0.4, 0.5) is 5.69 Å². The summed E-state index contributed by atoms with van der Waals surface area (Å²) in [5.41, 5.74) is 1.72. The Kier molecular flexibility index (Phi) is 5.53. The van der Waals surface area contributed by atoms with E-state index in [4.69, 9.17) is 16.0 Å². The summed E-state index contributed by atoms with van der Waals surface area (Å²) in [6, 6.07) is 13.3. The fourth-order valence-corrected chi connectivity index (χ4v) is 3.39. The monoisotopic (exact) mass is 397 g/mol. The number of halogens is 1. The lowest BCUT2D eigenvalue weighted by atomic mass is 10.2. The number of hydrogen-bond donors (Lipinski definition) is 0. The second-order valence-electron chi connectivity index (χ2n) is 6.56. The molecule has 1 aliphatic heterocycles. The van der Waals surface area contributed by atoms with E-state index < -0.39 is 0 Å². The van der Waals surface area contributed by atoms with Gasteiger partial charge in [-0.3, -0.25) is 9.78 Å². The topological polar surface area (TPSA) is 75.4 Å². The van der Waals surface area contributed by atoms with Crippen LogP contribution in [0.2, 0.25) is 5.02 Å². The van der Waals surface area contributed by atoms with Gasteiger partial charge in [-0.1, -0.05) is 23.7 Å². The molecule has 3 heterocycles. The van der Waals surface area contributed by atoms with Crippen LogP contribution in [0.1, 0.15) is 12.3 Å². The number of piperazine rings is 1.